The fourth-order valence-electron chi connectivity index (χ4n) is 4.44. The van der Waals surface area contributed by atoms with Crippen LogP contribution in [0.4, 0.5) is 0 Å². The van der Waals surface area contributed by atoms with Crippen molar-refractivity contribution in [3.8, 4) is 23.3 Å². The molecule has 2 unspecified atom stereocenters. The molecule has 1 aromatic heterocycles. The van der Waals surface area contributed by atoms with Gasteiger partial charge in [-0.1, -0.05) is 58.9 Å². The molecule has 0 spiro atoms. The smallest absolute Gasteiger partial charge is 0.191 e. The maximum Gasteiger partial charge on any atom is 0.191 e. The van der Waals surface area contributed by atoms with E-state index in [0.29, 0.717) is 6.61 Å². The zero-order valence-electron chi connectivity index (χ0n) is 23.4. The van der Waals surface area contributed by atoms with Gasteiger partial charge in [-0.25, -0.2) is 0 Å². The van der Waals surface area contributed by atoms with Gasteiger partial charge in [0.25, 0.3) is 0 Å². The van der Waals surface area contributed by atoms with Crippen molar-refractivity contribution in [2.75, 3.05) is 20.3 Å². The summed E-state index contributed by atoms with van der Waals surface area (Å²) in [5, 5.41) is 0.288. The van der Waals surface area contributed by atoms with E-state index in [2.05, 4.69) is 75.8 Å². The summed E-state index contributed by atoms with van der Waals surface area (Å²) >= 11 is 0. The number of unbranched alkanes of at least 4 members (excludes halogenated alkanes) is 5. The maximum absolute atomic E-state index is 6.30. The fraction of sp³-hybridized carbons (Fsp3) is 0.581. The van der Waals surface area contributed by atoms with Crippen molar-refractivity contribution in [1.29, 1.82) is 0 Å². The summed E-state index contributed by atoms with van der Waals surface area (Å²) in [6.45, 7) is 15.3. The maximum atomic E-state index is 6.30. The molecule has 3 rings (SSSR count). The molecule has 0 saturated carbocycles. The first-order valence-corrected chi connectivity index (χ1v) is 16.3. The van der Waals surface area contributed by atoms with Crippen LogP contribution in [0.25, 0.3) is 0 Å². The van der Waals surface area contributed by atoms with E-state index in [1.165, 1.54) is 24.8 Å². The van der Waals surface area contributed by atoms with Gasteiger partial charge in [0.05, 0.1) is 19.6 Å². The Morgan fingerprint density at radius 1 is 1.06 bits per heavy atom. The molecule has 0 saturated heterocycles. The predicted octanol–water partition coefficient (Wildman–Crippen LogP) is 7.89. The van der Waals surface area contributed by atoms with Crippen LogP contribution in [0.3, 0.4) is 0 Å². The standard InChI is InChI=1S/C31H45NO3Si/c1-30(2,3)36(6,7)35-22-14-12-10-8-9-11-13-15-28-27-17-16-26(33-5)23-29(27)34-24-31(28,4)25-18-20-32-21-19-25/h16-21,23,28H,8-12,14,22,24H2,1-7H3. The van der Waals surface area contributed by atoms with Crippen molar-refractivity contribution in [1.82, 2.24) is 4.98 Å². The molecule has 36 heavy (non-hydrogen) atoms. The molecule has 1 aliphatic heterocycles. The Morgan fingerprint density at radius 2 is 1.75 bits per heavy atom. The Balaban J connectivity index is 1.55. The summed E-state index contributed by atoms with van der Waals surface area (Å²) in [6, 6.07) is 10.3. The molecule has 196 valence electrons. The predicted molar refractivity (Wildman–Crippen MR) is 151 cm³/mol. The third kappa shape index (κ3) is 6.92. The topological polar surface area (TPSA) is 40.6 Å². The van der Waals surface area contributed by atoms with Crippen molar-refractivity contribution in [3.05, 3.63) is 53.9 Å². The average Bonchev–Trinajstić information content (AvgIpc) is 2.85. The Labute approximate surface area is 220 Å². The second-order valence-corrected chi connectivity index (χ2v) is 16.5. The molecule has 2 aromatic rings. The van der Waals surface area contributed by atoms with Crippen LogP contribution in [0, 0.1) is 11.8 Å². The van der Waals surface area contributed by atoms with Crippen LogP contribution in [-0.4, -0.2) is 33.6 Å². The van der Waals surface area contributed by atoms with Gasteiger partial charge in [-0.15, -0.1) is 5.92 Å². The first-order chi connectivity index (χ1) is 17.1. The quantitative estimate of drug-likeness (QED) is 0.186. The molecule has 0 radical (unpaired) electrons. The van der Waals surface area contributed by atoms with E-state index in [1.807, 2.05) is 24.5 Å². The van der Waals surface area contributed by atoms with Crippen LogP contribution in [0.2, 0.25) is 18.1 Å². The fourth-order valence-corrected chi connectivity index (χ4v) is 5.53. The van der Waals surface area contributed by atoms with E-state index in [-0.39, 0.29) is 16.4 Å². The SMILES string of the molecule is COc1ccc2c(c1)OCC(C)(c1ccncc1)C2C#CCCCCCCCO[Si](C)(C)C(C)(C)C. The minimum Gasteiger partial charge on any atom is -0.497 e. The third-order valence-electron chi connectivity index (χ3n) is 8.00. The van der Waals surface area contributed by atoms with Crippen molar-refractivity contribution in [2.45, 2.75) is 95.7 Å². The monoisotopic (exact) mass is 507 g/mol. The second kappa shape index (κ2) is 12.3. The summed E-state index contributed by atoms with van der Waals surface area (Å²) in [6.07, 6.45) is 10.6. The number of pyridine rings is 1. The molecule has 1 aliphatic rings. The molecule has 0 N–H and O–H groups in total. The van der Waals surface area contributed by atoms with Gasteiger partial charge >= 0.3 is 0 Å². The van der Waals surface area contributed by atoms with Gasteiger partial charge in [0.15, 0.2) is 8.32 Å². The lowest BCUT2D eigenvalue weighted by Crippen LogP contribution is -2.40. The number of methoxy groups -OCH3 is 1. The molecule has 0 aliphatic carbocycles. The van der Waals surface area contributed by atoms with E-state index >= 15 is 0 Å². The summed E-state index contributed by atoms with van der Waals surface area (Å²) in [4.78, 5) is 4.21. The lowest BCUT2D eigenvalue weighted by Gasteiger charge is -2.40. The molecule has 2 heterocycles. The molecule has 2 atom stereocenters. The van der Waals surface area contributed by atoms with E-state index in [9.17, 15) is 0 Å². The number of hydrogen-bond acceptors (Lipinski definition) is 4. The molecule has 0 fully saturated rings. The minimum atomic E-state index is -1.61. The first kappa shape index (κ1) is 28.3. The molecular weight excluding hydrogens is 462 g/mol. The van der Waals surface area contributed by atoms with E-state index in [0.717, 1.165) is 42.9 Å². The number of benzene rings is 1. The summed E-state index contributed by atoms with van der Waals surface area (Å²) < 4.78 is 17.9. The molecule has 4 nitrogen and oxygen atoms in total. The number of rotatable bonds is 10. The van der Waals surface area contributed by atoms with Gasteiger partial charge in [-0.3, -0.25) is 4.98 Å². The highest BCUT2D eigenvalue weighted by Gasteiger charge is 2.42. The van der Waals surface area contributed by atoms with Crippen LogP contribution in [0.1, 0.15) is 83.3 Å². The van der Waals surface area contributed by atoms with Gasteiger partial charge in [0, 0.05) is 42.5 Å². The number of nitrogens with zero attached hydrogens (tertiary/aromatic N) is 1. The molecule has 5 heteroatoms. The number of ether oxygens (including phenoxy) is 2. The Morgan fingerprint density at radius 3 is 2.44 bits per heavy atom. The Hall–Kier alpha value is -2.29. The largest absolute Gasteiger partial charge is 0.497 e. The highest BCUT2D eigenvalue weighted by molar-refractivity contribution is 6.74. The first-order valence-electron chi connectivity index (χ1n) is 13.4. The summed E-state index contributed by atoms with van der Waals surface area (Å²) in [7, 11) is 0.0725. The van der Waals surface area contributed by atoms with E-state index in [1.54, 1.807) is 7.11 Å². The van der Waals surface area contributed by atoms with Crippen molar-refractivity contribution in [3.63, 3.8) is 0 Å². The van der Waals surface area contributed by atoms with Crippen molar-refractivity contribution in [2.24, 2.45) is 0 Å². The normalized spacial score (nSPS) is 19.6. The Kier molecular flexibility index (Phi) is 9.66. The lowest BCUT2D eigenvalue weighted by molar-refractivity contribution is 0.187. The molecular formula is C31H45NO3Si. The zero-order chi connectivity index (χ0) is 26.2. The van der Waals surface area contributed by atoms with Gasteiger partial charge in [0.2, 0.25) is 0 Å². The van der Waals surface area contributed by atoms with E-state index < -0.39 is 8.32 Å². The van der Waals surface area contributed by atoms with Crippen molar-refractivity contribution >= 4 is 8.32 Å². The zero-order valence-corrected chi connectivity index (χ0v) is 24.4. The number of fused-ring (bicyclic) bond motifs is 1. The number of hydrogen-bond donors (Lipinski definition) is 0. The van der Waals surface area contributed by atoms with Crippen molar-refractivity contribution < 1.29 is 13.9 Å². The summed E-state index contributed by atoms with van der Waals surface area (Å²) in [5.41, 5.74) is 2.11. The summed E-state index contributed by atoms with van der Waals surface area (Å²) in [5.74, 6) is 8.90. The lowest BCUT2D eigenvalue weighted by atomic mass is 9.68. The Bertz CT molecular complexity index is 1040. The second-order valence-electron chi connectivity index (χ2n) is 11.7. The van der Waals surface area contributed by atoms with Crippen LogP contribution in [0.15, 0.2) is 42.7 Å². The molecule has 0 bridgehead atoms. The highest BCUT2D eigenvalue weighted by Crippen LogP contribution is 2.47. The molecule has 1 aromatic carbocycles. The van der Waals surface area contributed by atoms with E-state index in [4.69, 9.17) is 13.9 Å². The molecule has 0 amide bonds. The average molecular weight is 508 g/mol. The highest BCUT2D eigenvalue weighted by atomic mass is 28.4. The van der Waals surface area contributed by atoms with Crippen LogP contribution in [0.5, 0.6) is 11.5 Å². The number of aromatic nitrogens is 1. The minimum absolute atomic E-state index is 0.0574. The van der Waals surface area contributed by atoms with Gasteiger partial charge in [-0.05, 0) is 54.7 Å². The van der Waals surface area contributed by atoms with Gasteiger partial charge < -0.3 is 13.9 Å². The van der Waals surface area contributed by atoms with Crippen LogP contribution < -0.4 is 9.47 Å². The van der Waals surface area contributed by atoms with Crippen LogP contribution in [-0.2, 0) is 9.84 Å². The van der Waals surface area contributed by atoms with Crippen LogP contribution >= 0.6 is 0 Å². The van der Waals surface area contributed by atoms with Gasteiger partial charge in [-0.2, -0.15) is 0 Å². The third-order valence-corrected chi connectivity index (χ3v) is 12.5. The van der Waals surface area contributed by atoms with Gasteiger partial charge in [0.1, 0.15) is 11.5 Å².